The van der Waals surface area contributed by atoms with Crippen molar-refractivity contribution in [1.82, 2.24) is 4.90 Å². The van der Waals surface area contributed by atoms with Gasteiger partial charge >= 0.3 is 12.3 Å². The number of halogens is 2. The number of benzene rings is 2. The minimum Gasteiger partial charge on any atom is -0.395 e. The molecule has 2 N–H and O–H groups in total. The van der Waals surface area contributed by atoms with Crippen LogP contribution in [0.3, 0.4) is 0 Å². The van der Waals surface area contributed by atoms with Crippen LogP contribution in [0.5, 0.6) is 11.5 Å². The predicted octanol–water partition coefficient (Wildman–Crippen LogP) is 4.18. The van der Waals surface area contributed by atoms with E-state index in [4.69, 9.17) is 5.73 Å². The molecular weight excluding hydrogens is 392 g/mol. The largest absolute Gasteiger partial charge is 0.586 e. The van der Waals surface area contributed by atoms with E-state index in [1.165, 1.54) is 47.9 Å². The topological polar surface area (TPSA) is 68.0 Å². The monoisotopic (exact) mass is 415 g/mol. The zero-order valence-corrected chi connectivity index (χ0v) is 16.4. The molecule has 158 valence electrons. The van der Waals surface area contributed by atoms with Crippen LogP contribution in [0, 0.1) is 0 Å². The number of rotatable bonds is 3. The fourth-order valence-electron chi connectivity index (χ4n) is 4.50. The lowest BCUT2D eigenvalue weighted by Gasteiger charge is -2.36. The van der Waals surface area contributed by atoms with Gasteiger partial charge in [-0.15, -0.1) is 8.78 Å². The van der Waals surface area contributed by atoms with Crippen LogP contribution in [0.15, 0.2) is 36.4 Å². The molecule has 1 aliphatic carbocycles. The SMILES string of the molecule is NC(=O)N(c1ccc2c(c1)CCN(C1CCC1)CC2)c1cccc2c1OC(F)(F)O2. The standard InChI is InChI=1S/C22H23F2N3O3/c23-22(24)29-19-6-2-5-18(20(19)30-22)27(21(25)28)17-8-7-14-9-11-26(16-3-1-4-16)12-10-15(14)13-17/h2,5-8,13,16H,1,3-4,9-12H2,(H2,25,28). The van der Waals surface area contributed by atoms with Crippen LogP contribution in [0.1, 0.15) is 30.4 Å². The number of para-hydroxylation sites is 1. The highest BCUT2D eigenvalue weighted by Gasteiger charge is 2.45. The first-order valence-electron chi connectivity index (χ1n) is 10.3. The van der Waals surface area contributed by atoms with Crippen molar-refractivity contribution in [2.24, 2.45) is 5.73 Å². The van der Waals surface area contributed by atoms with Gasteiger partial charge in [-0.1, -0.05) is 18.6 Å². The third-order valence-corrected chi connectivity index (χ3v) is 6.24. The number of nitrogens with zero attached hydrogens (tertiary/aromatic N) is 2. The lowest BCUT2D eigenvalue weighted by atomic mass is 9.91. The molecule has 0 bridgehead atoms. The van der Waals surface area contributed by atoms with Crippen LogP contribution in [-0.2, 0) is 12.8 Å². The number of nitrogens with two attached hydrogens (primary N) is 1. The van der Waals surface area contributed by atoms with Crippen molar-refractivity contribution in [2.45, 2.75) is 44.4 Å². The van der Waals surface area contributed by atoms with Crippen molar-refractivity contribution in [1.29, 1.82) is 0 Å². The number of amides is 2. The molecule has 2 aromatic rings. The third kappa shape index (κ3) is 3.35. The molecule has 2 aliphatic heterocycles. The Morgan fingerprint density at radius 3 is 2.57 bits per heavy atom. The molecule has 0 saturated heterocycles. The smallest absolute Gasteiger partial charge is 0.395 e. The first-order valence-corrected chi connectivity index (χ1v) is 10.3. The molecule has 0 unspecified atom stereocenters. The predicted molar refractivity (Wildman–Crippen MR) is 107 cm³/mol. The van der Waals surface area contributed by atoms with Gasteiger partial charge in [0.1, 0.15) is 0 Å². The number of hydrogen-bond acceptors (Lipinski definition) is 4. The van der Waals surface area contributed by atoms with Crippen LogP contribution in [0.2, 0.25) is 0 Å². The maximum absolute atomic E-state index is 13.6. The average Bonchev–Trinajstić information content (AvgIpc) is 2.83. The van der Waals surface area contributed by atoms with Crippen LogP contribution < -0.4 is 20.1 Å². The Morgan fingerprint density at radius 2 is 1.87 bits per heavy atom. The molecule has 6 nitrogen and oxygen atoms in total. The lowest BCUT2D eigenvalue weighted by Crippen LogP contribution is -2.41. The molecule has 5 rings (SSSR count). The highest BCUT2D eigenvalue weighted by molar-refractivity contribution is 6.00. The summed E-state index contributed by atoms with van der Waals surface area (Å²) >= 11 is 0. The molecule has 2 amide bonds. The Morgan fingerprint density at radius 1 is 1.10 bits per heavy atom. The highest BCUT2D eigenvalue weighted by Crippen LogP contribution is 2.48. The molecule has 3 aliphatic rings. The molecule has 8 heteroatoms. The van der Waals surface area contributed by atoms with Gasteiger partial charge in [0.2, 0.25) is 0 Å². The zero-order valence-electron chi connectivity index (χ0n) is 16.4. The number of anilines is 2. The fraction of sp³-hybridized carbons (Fsp3) is 0.409. The number of urea groups is 1. The van der Waals surface area contributed by atoms with Gasteiger partial charge in [-0.2, -0.15) is 0 Å². The molecule has 0 atom stereocenters. The molecule has 0 radical (unpaired) electrons. The quantitative estimate of drug-likeness (QED) is 0.817. The van der Waals surface area contributed by atoms with E-state index in [0.717, 1.165) is 31.5 Å². The van der Waals surface area contributed by atoms with Gasteiger partial charge in [0.25, 0.3) is 0 Å². The van der Waals surface area contributed by atoms with E-state index in [1.54, 1.807) is 6.07 Å². The van der Waals surface area contributed by atoms with Crippen molar-refractivity contribution < 1.29 is 23.0 Å². The zero-order chi connectivity index (χ0) is 20.9. The van der Waals surface area contributed by atoms with E-state index in [1.807, 2.05) is 12.1 Å². The molecule has 1 fully saturated rings. The second kappa shape index (κ2) is 7.12. The van der Waals surface area contributed by atoms with Crippen LogP contribution in [0.4, 0.5) is 25.0 Å². The lowest BCUT2D eigenvalue weighted by molar-refractivity contribution is -0.286. The summed E-state index contributed by atoms with van der Waals surface area (Å²) in [4.78, 5) is 16.1. The third-order valence-electron chi connectivity index (χ3n) is 6.24. The summed E-state index contributed by atoms with van der Waals surface area (Å²) in [6, 6.07) is 10.0. The number of alkyl halides is 2. The van der Waals surface area contributed by atoms with E-state index in [-0.39, 0.29) is 17.2 Å². The highest BCUT2D eigenvalue weighted by atomic mass is 19.3. The van der Waals surface area contributed by atoms with Crippen LogP contribution >= 0.6 is 0 Å². The second-order valence-electron chi connectivity index (χ2n) is 8.02. The Hall–Kier alpha value is -2.87. The molecule has 0 aromatic heterocycles. The fourth-order valence-corrected chi connectivity index (χ4v) is 4.50. The van der Waals surface area contributed by atoms with Gasteiger partial charge in [-0.25, -0.2) is 4.79 Å². The first kappa shape index (κ1) is 19.1. The summed E-state index contributed by atoms with van der Waals surface area (Å²) in [7, 11) is 0. The minimum atomic E-state index is -3.78. The van der Waals surface area contributed by atoms with Crippen molar-refractivity contribution in [3.05, 3.63) is 47.5 Å². The summed E-state index contributed by atoms with van der Waals surface area (Å²) in [6.45, 7) is 2.00. The molecule has 0 spiro atoms. The number of carbonyl (C=O) groups is 1. The molecule has 2 aromatic carbocycles. The van der Waals surface area contributed by atoms with Gasteiger partial charge in [0.15, 0.2) is 11.5 Å². The van der Waals surface area contributed by atoms with E-state index >= 15 is 0 Å². The number of carbonyl (C=O) groups excluding carboxylic acids is 1. The Kier molecular flexibility index (Phi) is 4.54. The summed E-state index contributed by atoms with van der Waals surface area (Å²) in [5, 5.41) is 0. The van der Waals surface area contributed by atoms with E-state index in [2.05, 4.69) is 14.4 Å². The Balaban J connectivity index is 1.47. The van der Waals surface area contributed by atoms with Gasteiger partial charge in [0.05, 0.1) is 11.4 Å². The number of fused-ring (bicyclic) bond motifs is 2. The van der Waals surface area contributed by atoms with Crippen molar-refractivity contribution in [3.63, 3.8) is 0 Å². The molecule has 2 heterocycles. The number of ether oxygens (including phenoxy) is 2. The Labute approximate surface area is 173 Å². The molecule has 1 saturated carbocycles. The maximum Gasteiger partial charge on any atom is 0.586 e. The summed E-state index contributed by atoms with van der Waals surface area (Å²) in [5.74, 6) is -0.331. The summed E-state index contributed by atoms with van der Waals surface area (Å²) in [6.07, 6.45) is 1.88. The minimum absolute atomic E-state index is 0.127. The van der Waals surface area contributed by atoms with Gasteiger partial charge in [0, 0.05) is 19.1 Å². The van der Waals surface area contributed by atoms with Gasteiger partial charge in [-0.05, 0) is 61.1 Å². The molecular formula is C22H23F2N3O3. The number of primary amides is 1. The summed E-state index contributed by atoms with van der Waals surface area (Å²) < 4.78 is 36.4. The van der Waals surface area contributed by atoms with Gasteiger partial charge in [-0.3, -0.25) is 9.80 Å². The summed E-state index contributed by atoms with van der Waals surface area (Å²) in [5.41, 5.74) is 8.69. The normalized spacial score (nSPS) is 20.2. The van der Waals surface area contributed by atoms with E-state index in [9.17, 15) is 13.6 Å². The van der Waals surface area contributed by atoms with Crippen molar-refractivity contribution in [3.8, 4) is 11.5 Å². The Bertz CT molecular complexity index is 994. The van der Waals surface area contributed by atoms with E-state index < -0.39 is 12.3 Å². The van der Waals surface area contributed by atoms with E-state index in [0.29, 0.717) is 11.7 Å². The first-order chi connectivity index (χ1) is 14.4. The van der Waals surface area contributed by atoms with Crippen molar-refractivity contribution >= 4 is 17.4 Å². The van der Waals surface area contributed by atoms with Gasteiger partial charge < -0.3 is 15.2 Å². The maximum atomic E-state index is 13.6. The van der Waals surface area contributed by atoms with Crippen molar-refractivity contribution in [2.75, 3.05) is 18.0 Å². The van der Waals surface area contributed by atoms with Crippen LogP contribution in [0.25, 0.3) is 0 Å². The second-order valence-corrected chi connectivity index (χ2v) is 8.02. The number of hydrogen-bond donors (Lipinski definition) is 1. The van der Waals surface area contributed by atoms with Crippen LogP contribution in [-0.4, -0.2) is 36.4 Å². The molecule has 30 heavy (non-hydrogen) atoms. The average molecular weight is 415 g/mol.